The van der Waals surface area contributed by atoms with Crippen molar-refractivity contribution in [1.82, 2.24) is 20.0 Å². The summed E-state index contributed by atoms with van der Waals surface area (Å²) in [4.78, 5) is 27.4. The maximum Gasteiger partial charge on any atom is 0.243 e. The number of aromatic nitrogens is 2. The monoisotopic (exact) mass is 500 g/mol. The van der Waals surface area contributed by atoms with Crippen LogP contribution in [-0.2, 0) is 27.4 Å². The number of ether oxygens (including phenoxy) is 1. The highest BCUT2D eigenvalue weighted by Gasteiger charge is 2.36. The van der Waals surface area contributed by atoms with Gasteiger partial charge >= 0.3 is 0 Å². The van der Waals surface area contributed by atoms with Crippen LogP contribution in [0.3, 0.4) is 0 Å². The van der Waals surface area contributed by atoms with Crippen molar-refractivity contribution in [2.75, 3.05) is 26.9 Å². The second kappa shape index (κ2) is 14.8. The molecule has 0 saturated carbocycles. The van der Waals surface area contributed by atoms with Gasteiger partial charge in [-0.1, -0.05) is 58.9 Å². The van der Waals surface area contributed by atoms with Crippen molar-refractivity contribution < 1.29 is 19.4 Å². The van der Waals surface area contributed by atoms with E-state index in [2.05, 4.69) is 22.5 Å². The molecule has 1 aromatic carbocycles. The molecule has 2 amide bonds. The molecule has 36 heavy (non-hydrogen) atoms. The zero-order valence-electron chi connectivity index (χ0n) is 22.7. The summed E-state index contributed by atoms with van der Waals surface area (Å²) in [6, 6.07) is 9.90. The largest absolute Gasteiger partial charge is 0.400 e. The Labute approximate surface area is 216 Å². The first-order chi connectivity index (χ1) is 17.4. The standard InChI is InChI=1S/C25H34N4O3.C2H6.CH4O/c1-17(2)18(3)25(31)28-12-4-5-23(28)24(30)26-13-19-6-8-21(9-7-19)22-10-11-27-29(22)14-20-15-32-16-20;2*1-2/h6-11,17-18,20,23H,4-5,12-16H2,1-3H3,(H,26,30);1-2H3;2H,1H3. The van der Waals surface area contributed by atoms with Crippen molar-refractivity contribution in [3.63, 3.8) is 0 Å². The van der Waals surface area contributed by atoms with Crippen LogP contribution in [0.5, 0.6) is 0 Å². The summed E-state index contributed by atoms with van der Waals surface area (Å²) in [5.74, 6) is 0.766. The highest BCUT2D eigenvalue weighted by molar-refractivity contribution is 5.89. The number of aliphatic hydroxyl groups is 1. The van der Waals surface area contributed by atoms with Crippen LogP contribution in [0.25, 0.3) is 11.3 Å². The normalized spacial score (nSPS) is 17.9. The number of amides is 2. The molecule has 2 aromatic rings. The number of benzene rings is 1. The molecule has 200 valence electrons. The Kier molecular flexibility index (Phi) is 12.1. The number of rotatable bonds is 8. The van der Waals surface area contributed by atoms with Gasteiger partial charge in [0.05, 0.1) is 18.9 Å². The first kappa shape index (κ1) is 29.5. The van der Waals surface area contributed by atoms with Gasteiger partial charge < -0.3 is 20.1 Å². The summed E-state index contributed by atoms with van der Waals surface area (Å²) < 4.78 is 7.31. The van der Waals surface area contributed by atoms with Crippen LogP contribution < -0.4 is 5.32 Å². The van der Waals surface area contributed by atoms with Gasteiger partial charge in [0.25, 0.3) is 0 Å². The number of aliphatic hydroxyl groups excluding tert-OH is 1. The molecule has 1 aromatic heterocycles. The van der Waals surface area contributed by atoms with Crippen LogP contribution in [-0.4, -0.2) is 64.5 Å². The third kappa shape index (κ3) is 7.40. The number of nitrogens with zero attached hydrogens (tertiary/aromatic N) is 3. The lowest BCUT2D eigenvalue weighted by atomic mass is 9.96. The quantitative estimate of drug-likeness (QED) is 0.576. The summed E-state index contributed by atoms with van der Waals surface area (Å²) in [5.41, 5.74) is 3.23. The van der Waals surface area contributed by atoms with Gasteiger partial charge in [-0.05, 0) is 36.0 Å². The van der Waals surface area contributed by atoms with E-state index >= 15 is 0 Å². The Balaban J connectivity index is 0.00000109. The Morgan fingerprint density at radius 3 is 2.36 bits per heavy atom. The van der Waals surface area contributed by atoms with E-state index in [9.17, 15) is 9.59 Å². The van der Waals surface area contributed by atoms with Crippen molar-refractivity contribution in [1.29, 1.82) is 0 Å². The summed E-state index contributed by atoms with van der Waals surface area (Å²) in [5, 5.41) is 14.5. The maximum absolute atomic E-state index is 12.8. The molecule has 2 aliphatic heterocycles. The predicted molar refractivity (Wildman–Crippen MR) is 142 cm³/mol. The number of hydrogen-bond donors (Lipinski definition) is 2. The highest BCUT2D eigenvalue weighted by atomic mass is 16.5. The van der Waals surface area contributed by atoms with Gasteiger partial charge in [0.1, 0.15) is 6.04 Å². The fourth-order valence-corrected chi connectivity index (χ4v) is 4.31. The van der Waals surface area contributed by atoms with E-state index in [0.717, 1.165) is 56.5 Å². The number of carbonyl (C=O) groups excluding carboxylic acids is 2. The minimum absolute atomic E-state index is 0.0586. The van der Waals surface area contributed by atoms with Crippen LogP contribution in [0, 0.1) is 17.8 Å². The average molecular weight is 501 g/mol. The zero-order valence-corrected chi connectivity index (χ0v) is 22.7. The topological polar surface area (TPSA) is 96.7 Å². The molecule has 2 atom stereocenters. The number of nitrogens with one attached hydrogen (secondary N) is 1. The molecule has 3 heterocycles. The van der Waals surface area contributed by atoms with Crippen molar-refractivity contribution in [2.45, 2.75) is 66.6 Å². The molecule has 4 rings (SSSR count). The van der Waals surface area contributed by atoms with Crippen molar-refractivity contribution >= 4 is 11.8 Å². The molecule has 0 radical (unpaired) electrons. The molecule has 2 N–H and O–H groups in total. The smallest absolute Gasteiger partial charge is 0.243 e. The third-order valence-corrected chi connectivity index (χ3v) is 6.80. The molecular weight excluding hydrogens is 456 g/mol. The van der Waals surface area contributed by atoms with Gasteiger partial charge in [-0.15, -0.1) is 0 Å². The van der Waals surface area contributed by atoms with E-state index in [0.29, 0.717) is 19.0 Å². The van der Waals surface area contributed by atoms with Crippen molar-refractivity contribution in [2.24, 2.45) is 17.8 Å². The maximum atomic E-state index is 12.8. The molecule has 2 fully saturated rings. The minimum Gasteiger partial charge on any atom is -0.400 e. The van der Waals surface area contributed by atoms with Crippen molar-refractivity contribution in [3.05, 3.63) is 42.1 Å². The minimum atomic E-state index is -0.354. The van der Waals surface area contributed by atoms with E-state index in [1.54, 1.807) is 4.90 Å². The predicted octanol–water partition coefficient (Wildman–Crippen LogP) is 3.73. The molecule has 8 nitrogen and oxygen atoms in total. The Morgan fingerprint density at radius 1 is 1.11 bits per heavy atom. The lowest BCUT2D eigenvalue weighted by Gasteiger charge is -2.28. The second-order valence-electron chi connectivity index (χ2n) is 9.44. The Morgan fingerprint density at radius 2 is 1.78 bits per heavy atom. The summed E-state index contributed by atoms with van der Waals surface area (Å²) in [6.07, 6.45) is 3.44. The number of likely N-dealkylation sites (tertiary alicyclic amines) is 1. The first-order valence-electron chi connectivity index (χ1n) is 13.2. The van der Waals surface area contributed by atoms with Gasteiger partial charge in [0.2, 0.25) is 11.8 Å². The van der Waals surface area contributed by atoms with Gasteiger partial charge in [0, 0.05) is 44.8 Å². The van der Waals surface area contributed by atoms with E-state index in [4.69, 9.17) is 9.84 Å². The lowest BCUT2D eigenvalue weighted by Crippen LogP contribution is -2.48. The molecule has 8 heteroatoms. The summed E-state index contributed by atoms with van der Waals surface area (Å²) in [6.45, 7) is 13.6. The van der Waals surface area contributed by atoms with Gasteiger partial charge in [0.15, 0.2) is 0 Å². The van der Waals surface area contributed by atoms with E-state index in [1.165, 1.54) is 0 Å². The average Bonchev–Trinajstić information content (AvgIpc) is 3.56. The van der Waals surface area contributed by atoms with Crippen LogP contribution in [0.15, 0.2) is 36.5 Å². The summed E-state index contributed by atoms with van der Waals surface area (Å²) in [7, 11) is 1.00. The second-order valence-corrected chi connectivity index (χ2v) is 9.44. The molecule has 0 aliphatic carbocycles. The highest BCUT2D eigenvalue weighted by Crippen LogP contribution is 2.24. The van der Waals surface area contributed by atoms with Gasteiger partial charge in [-0.25, -0.2) is 0 Å². The van der Waals surface area contributed by atoms with E-state index in [1.807, 2.05) is 63.7 Å². The molecule has 0 spiro atoms. The molecule has 0 bridgehead atoms. The Hall–Kier alpha value is -2.71. The van der Waals surface area contributed by atoms with Crippen LogP contribution in [0.4, 0.5) is 0 Å². The fourth-order valence-electron chi connectivity index (χ4n) is 4.31. The molecular formula is C28H44N4O4. The van der Waals surface area contributed by atoms with Gasteiger partial charge in [-0.2, -0.15) is 5.10 Å². The third-order valence-electron chi connectivity index (χ3n) is 6.80. The van der Waals surface area contributed by atoms with Gasteiger partial charge in [-0.3, -0.25) is 14.3 Å². The zero-order chi connectivity index (χ0) is 26.7. The number of carbonyl (C=O) groups is 2. The molecule has 2 saturated heterocycles. The lowest BCUT2D eigenvalue weighted by molar-refractivity contribution is -0.142. The molecule has 2 aliphatic rings. The summed E-state index contributed by atoms with van der Waals surface area (Å²) >= 11 is 0. The first-order valence-corrected chi connectivity index (χ1v) is 13.2. The van der Waals surface area contributed by atoms with Crippen LogP contribution >= 0.6 is 0 Å². The Bertz CT molecular complexity index is 937. The van der Waals surface area contributed by atoms with E-state index in [-0.39, 0.29) is 29.7 Å². The van der Waals surface area contributed by atoms with Crippen LogP contribution in [0.1, 0.15) is 53.0 Å². The van der Waals surface area contributed by atoms with Crippen molar-refractivity contribution in [3.8, 4) is 11.3 Å². The van der Waals surface area contributed by atoms with E-state index < -0.39 is 0 Å². The fraction of sp³-hybridized carbons (Fsp3) is 0.607. The SMILES string of the molecule is CC.CC(C)C(C)C(=O)N1CCCC1C(=O)NCc1ccc(-c2ccnn2CC2COC2)cc1.CO. The molecule has 2 unspecified atom stereocenters. The van der Waals surface area contributed by atoms with Crippen LogP contribution in [0.2, 0.25) is 0 Å². The number of hydrogen-bond acceptors (Lipinski definition) is 5.